The summed E-state index contributed by atoms with van der Waals surface area (Å²) < 4.78 is 0. The first-order chi connectivity index (χ1) is 7.25. The highest BCUT2D eigenvalue weighted by Gasteiger charge is 2.33. The molecule has 0 atom stereocenters. The normalized spacial score (nSPS) is 18.4. The highest BCUT2D eigenvalue weighted by Crippen LogP contribution is 2.36. The maximum atomic E-state index is 12.0. The van der Waals surface area contributed by atoms with Crippen LogP contribution in [0, 0.1) is 5.41 Å². The highest BCUT2D eigenvalue weighted by atomic mass is 16.1. The van der Waals surface area contributed by atoms with Gasteiger partial charge in [-0.05, 0) is 18.9 Å². The molecule has 0 amide bonds. The molecule has 0 aromatic carbocycles. The zero-order valence-electron chi connectivity index (χ0n) is 9.96. The van der Waals surface area contributed by atoms with Gasteiger partial charge in [0.05, 0.1) is 5.41 Å². The fraction of sp³-hybridized carbons (Fsp3) is 0.643. The maximum absolute atomic E-state index is 12.0. The molecule has 0 aromatic heterocycles. The van der Waals surface area contributed by atoms with E-state index < -0.39 is 0 Å². The molecule has 0 bridgehead atoms. The van der Waals surface area contributed by atoms with Crippen molar-refractivity contribution in [3.8, 4) is 0 Å². The van der Waals surface area contributed by atoms with E-state index in [0.29, 0.717) is 5.78 Å². The van der Waals surface area contributed by atoms with E-state index >= 15 is 0 Å². The summed E-state index contributed by atoms with van der Waals surface area (Å²) >= 11 is 0. The van der Waals surface area contributed by atoms with Crippen molar-refractivity contribution in [1.82, 2.24) is 0 Å². The van der Waals surface area contributed by atoms with Crippen LogP contribution in [0.1, 0.15) is 52.4 Å². The molecule has 0 radical (unpaired) electrons. The van der Waals surface area contributed by atoms with Crippen molar-refractivity contribution >= 4 is 5.78 Å². The summed E-state index contributed by atoms with van der Waals surface area (Å²) in [5.41, 5.74) is -0.166. The Morgan fingerprint density at radius 1 is 1.07 bits per heavy atom. The van der Waals surface area contributed by atoms with Crippen LogP contribution < -0.4 is 0 Å². The van der Waals surface area contributed by atoms with E-state index in [1.54, 1.807) is 6.08 Å². The van der Waals surface area contributed by atoms with E-state index in [1.165, 1.54) is 12.8 Å². The quantitative estimate of drug-likeness (QED) is 0.640. The van der Waals surface area contributed by atoms with Gasteiger partial charge >= 0.3 is 0 Å². The first kappa shape index (κ1) is 12.2. The molecular formula is C14H22O. The van der Waals surface area contributed by atoms with Crippen LogP contribution in [0.4, 0.5) is 0 Å². The topological polar surface area (TPSA) is 17.1 Å². The Hall–Kier alpha value is -0.850. The predicted molar refractivity (Wildman–Crippen MR) is 64.8 cm³/mol. The first-order valence-corrected chi connectivity index (χ1v) is 6.15. The van der Waals surface area contributed by atoms with Gasteiger partial charge in [-0.25, -0.2) is 0 Å². The Morgan fingerprint density at radius 2 is 1.67 bits per heavy atom. The molecule has 15 heavy (non-hydrogen) atoms. The number of hydrogen-bond donors (Lipinski definition) is 0. The zero-order chi connectivity index (χ0) is 11.1. The van der Waals surface area contributed by atoms with Crippen LogP contribution in [-0.2, 0) is 4.79 Å². The van der Waals surface area contributed by atoms with Crippen LogP contribution >= 0.6 is 0 Å². The van der Waals surface area contributed by atoms with Gasteiger partial charge in [0.15, 0.2) is 5.78 Å². The Labute approximate surface area is 93.3 Å². The first-order valence-electron chi connectivity index (χ1n) is 6.15. The maximum Gasteiger partial charge on any atom is 0.165 e. The number of carbonyl (C=O) groups is 1. The van der Waals surface area contributed by atoms with Crippen LogP contribution in [0.5, 0.6) is 0 Å². The third-order valence-corrected chi connectivity index (χ3v) is 3.22. The summed E-state index contributed by atoms with van der Waals surface area (Å²) in [6.07, 6.45) is 14.4. The molecule has 1 aliphatic carbocycles. The number of unbranched alkanes of at least 4 members (excludes halogenated alkanes) is 2. The molecular weight excluding hydrogens is 184 g/mol. The molecule has 0 saturated carbocycles. The second-order valence-electron chi connectivity index (χ2n) is 4.45. The van der Waals surface area contributed by atoms with Gasteiger partial charge in [0.2, 0.25) is 0 Å². The highest BCUT2D eigenvalue weighted by molar-refractivity contribution is 5.97. The number of ketones is 1. The second-order valence-corrected chi connectivity index (χ2v) is 4.45. The molecule has 1 rings (SSSR count). The molecule has 1 aliphatic rings. The lowest BCUT2D eigenvalue weighted by molar-refractivity contribution is -0.122. The molecule has 0 fully saturated rings. The molecule has 1 heteroatoms. The minimum atomic E-state index is -0.166. The van der Waals surface area contributed by atoms with Crippen molar-refractivity contribution in [3.05, 3.63) is 24.3 Å². The van der Waals surface area contributed by atoms with Crippen LogP contribution in [0.25, 0.3) is 0 Å². The lowest BCUT2D eigenvalue weighted by atomic mass is 9.73. The Kier molecular flexibility index (Phi) is 4.80. The fourth-order valence-corrected chi connectivity index (χ4v) is 2.15. The van der Waals surface area contributed by atoms with Gasteiger partial charge < -0.3 is 0 Å². The molecule has 0 aliphatic heterocycles. The largest absolute Gasteiger partial charge is 0.294 e. The summed E-state index contributed by atoms with van der Waals surface area (Å²) in [6, 6.07) is 0. The van der Waals surface area contributed by atoms with Gasteiger partial charge in [-0.15, -0.1) is 0 Å². The van der Waals surface area contributed by atoms with Crippen LogP contribution in [0.15, 0.2) is 24.3 Å². The Morgan fingerprint density at radius 3 is 2.13 bits per heavy atom. The van der Waals surface area contributed by atoms with E-state index in [1.807, 2.05) is 12.2 Å². The fourth-order valence-electron chi connectivity index (χ4n) is 2.15. The number of rotatable bonds is 6. The summed E-state index contributed by atoms with van der Waals surface area (Å²) in [5.74, 6) is 0.312. The molecule has 1 nitrogen and oxygen atoms in total. The monoisotopic (exact) mass is 206 g/mol. The minimum Gasteiger partial charge on any atom is -0.294 e. The third-order valence-electron chi connectivity index (χ3n) is 3.22. The van der Waals surface area contributed by atoms with Gasteiger partial charge in [-0.1, -0.05) is 57.8 Å². The molecule has 0 heterocycles. The molecule has 0 N–H and O–H groups in total. The zero-order valence-corrected chi connectivity index (χ0v) is 9.96. The molecule has 84 valence electrons. The minimum absolute atomic E-state index is 0.166. The summed E-state index contributed by atoms with van der Waals surface area (Å²) in [4.78, 5) is 12.0. The van der Waals surface area contributed by atoms with Crippen molar-refractivity contribution in [3.63, 3.8) is 0 Å². The van der Waals surface area contributed by atoms with E-state index in [2.05, 4.69) is 19.9 Å². The third kappa shape index (κ3) is 3.05. The lowest BCUT2D eigenvalue weighted by Crippen LogP contribution is -2.29. The van der Waals surface area contributed by atoms with E-state index in [-0.39, 0.29) is 5.41 Å². The van der Waals surface area contributed by atoms with Gasteiger partial charge in [-0.3, -0.25) is 4.79 Å². The average Bonchev–Trinajstić information content (AvgIpc) is 2.27. The van der Waals surface area contributed by atoms with Crippen molar-refractivity contribution in [2.75, 3.05) is 0 Å². The predicted octanol–water partition coefficient (Wildman–Crippen LogP) is 4.05. The molecule has 0 aromatic rings. The average molecular weight is 206 g/mol. The molecule has 0 spiro atoms. The van der Waals surface area contributed by atoms with E-state index in [9.17, 15) is 4.79 Å². The SMILES string of the molecule is CCCCC1(CCCC)C=CC=CC1=O. The number of allylic oxidation sites excluding steroid dienone is 4. The standard InChI is InChI=1S/C14H22O/c1-3-5-10-14(11-6-4-2)12-8-7-9-13(14)15/h7-9,12H,3-6,10-11H2,1-2H3. The Balaban J connectivity index is 2.70. The van der Waals surface area contributed by atoms with Gasteiger partial charge in [0, 0.05) is 0 Å². The van der Waals surface area contributed by atoms with Crippen molar-refractivity contribution in [1.29, 1.82) is 0 Å². The van der Waals surface area contributed by atoms with Gasteiger partial charge in [0.25, 0.3) is 0 Å². The summed E-state index contributed by atoms with van der Waals surface area (Å²) in [7, 11) is 0. The molecule has 0 unspecified atom stereocenters. The van der Waals surface area contributed by atoms with Crippen LogP contribution in [0.2, 0.25) is 0 Å². The van der Waals surface area contributed by atoms with Crippen LogP contribution in [-0.4, -0.2) is 5.78 Å². The van der Waals surface area contributed by atoms with E-state index in [4.69, 9.17) is 0 Å². The van der Waals surface area contributed by atoms with Crippen molar-refractivity contribution in [2.45, 2.75) is 52.4 Å². The molecule has 0 saturated heterocycles. The second kappa shape index (κ2) is 5.89. The van der Waals surface area contributed by atoms with Crippen molar-refractivity contribution < 1.29 is 4.79 Å². The summed E-state index contributed by atoms with van der Waals surface area (Å²) in [5, 5.41) is 0. The van der Waals surface area contributed by atoms with E-state index in [0.717, 1.165) is 25.7 Å². The smallest absolute Gasteiger partial charge is 0.165 e. The van der Waals surface area contributed by atoms with Gasteiger partial charge in [-0.2, -0.15) is 0 Å². The lowest BCUT2D eigenvalue weighted by Gasteiger charge is -2.29. The van der Waals surface area contributed by atoms with Crippen LogP contribution in [0.3, 0.4) is 0 Å². The summed E-state index contributed by atoms with van der Waals surface area (Å²) in [6.45, 7) is 4.36. The van der Waals surface area contributed by atoms with Crippen molar-refractivity contribution in [2.24, 2.45) is 5.41 Å². The number of carbonyl (C=O) groups excluding carboxylic acids is 1. The Bertz CT molecular complexity index is 253. The van der Waals surface area contributed by atoms with Gasteiger partial charge in [0.1, 0.15) is 0 Å². The number of hydrogen-bond acceptors (Lipinski definition) is 1.